The van der Waals surface area contributed by atoms with E-state index < -0.39 is 23.8 Å². The van der Waals surface area contributed by atoms with Gasteiger partial charge >= 0.3 is 0 Å². The number of carbonyl (C=O) groups excluding carboxylic acids is 1. The molecule has 0 saturated heterocycles. The molecule has 1 aromatic rings. The zero-order chi connectivity index (χ0) is 16.0. The summed E-state index contributed by atoms with van der Waals surface area (Å²) in [4.78, 5) is 11.8. The second-order valence-corrected chi connectivity index (χ2v) is 4.52. The smallest absolute Gasteiger partial charge is 0.239 e. The minimum atomic E-state index is -0.805. The van der Waals surface area contributed by atoms with Crippen molar-refractivity contribution >= 4 is 18.3 Å². The Morgan fingerprint density at radius 1 is 1.27 bits per heavy atom. The zero-order valence-electron chi connectivity index (χ0n) is 13.0. The van der Waals surface area contributed by atoms with Gasteiger partial charge in [0.25, 0.3) is 0 Å². The van der Waals surface area contributed by atoms with E-state index in [1.165, 1.54) is 33.5 Å². The Labute approximate surface area is 135 Å². The molecule has 0 aliphatic rings. The Morgan fingerprint density at radius 3 is 2.32 bits per heavy atom. The molecule has 0 saturated carbocycles. The lowest BCUT2D eigenvalue weighted by molar-refractivity contribution is -0.124. The van der Waals surface area contributed by atoms with Crippen LogP contribution in [0.15, 0.2) is 12.1 Å². The first-order chi connectivity index (χ1) is 9.94. The number of hydrogen-bond donors (Lipinski definition) is 2. The van der Waals surface area contributed by atoms with Crippen LogP contribution in [0.3, 0.4) is 0 Å². The summed E-state index contributed by atoms with van der Waals surface area (Å²) in [5, 5.41) is 2.63. The molecule has 0 fully saturated rings. The summed E-state index contributed by atoms with van der Waals surface area (Å²) < 4.78 is 29.0. The van der Waals surface area contributed by atoms with Crippen LogP contribution in [0.1, 0.15) is 18.5 Å². The number of benzene rings is 1. The number of carbonyl (C=O) groups is 1. The second-order valence-electron chi connectivity index (χ2n) is 4.52. The molecule has 1 aromatic carbocycles. The molecule has 3 N–H and O–H groups in total. The summed E-state index contributed by atoms with van der Waals surface area (Å²) >= 11 is 0. The molecule has 126 valence electrons. The van der Waals surface area contributed by atoms with E-state index in [1.807, 2.05) is 0 Å². The van der Waals surface area contributed by atoms with E-state index in [4.69, 9.17) is 19.9 Å². The Hall–Kier alpha value is -1.57. The fourth-order valence-corrected chi connectivity index (χ4v) is 1.86. The van der Waals surface area contributed by atoms with Crippen molar-refractivity contribution in [3.8, 4) is 11.5 Å². The van der Waals surface area contributed by atoms with Crippen LogP contribution in [0.2, 0.25) is 0 Å². The number of ether oxygens (including phenoxy) is 3. The molecule has 0 aliphatic carbocycles. The molecular formula is C14H22ClFN2O4. The number of hydrogen-bond acceptors (Lipinski definition) is 5. The van der Waals surface area contributed by atoms with Gasteiger partial charge in [0.2, 0.25) is 5.91 Å². The lowest BCUT2D eigenvalue weighted by atomic mass is 10.1. The van der Waals surface area contributed by atoms with Gasteiger partial charge in [-0.3, -0.25) is 4.79 Å². The third-order valence-electron chi connectivity index (χ3n) is 3.01. The highest BCUT2D eigenvalue weighted by molar-refractivity contribution is 5.85. The average Bonchev–Trinajstić information content (AvgIpc) is 2.46. The molecule has 6 nitrogen and oxygen atoms in total. The van der Waals surface area contributed by atoms with Crippen molar-refractivity contribution in [1.29, 1.82) is 0 Å². The molecule has 0 radical (unpaired) electrons. The predicted octanol–water partition coefficient (Wildman–Crippen LogP) is 1.42. The monoisotopic (exact) mass is 336 g/mol. The molecule has 0 bridgehead atoms. The van der Waals surface area contributed by atoms with E-state index in [0.29, 0.717) is 5.75 Å². The second kappa shape index (κ2) is 9.45. The van der Waals surface area contributed by atoms with E-state index in [-0.39, 0.29) is 30.3 Å². The van der Waals surface area contributed by atoms with Gasteiger partial charge in [-0.2, -0.15) is 0 Å². The van der Waals surface area contributed by atoms with Gasteiger partial charge in [0.05, 0.1) is 26.9 Å². The molecule has 1 rings (SSSR count). The van der Waals surface area contributed by atoms with Crippen molar-refractivity contribution in [2.24, 2.45) is 5.73 Å². The Balaban J connectivity index is 0.00000441. The van der Waals surface area contributed by atoms with Gasteiger partial charge in [-0.15, -0.1) is 12.4 Å². The van der Waals surface area contributed by atoms with E-state index in [0.717, 1.165) is 0 Å². The molecule has 2 atom stereocenters. The van der Waals surface area contributed by atoms with Crippen molar-refractivity contribution in [1.82, 2.24) is 5.32 Å². The van der Waals surface area contributed by atoms with Crippen LogP contribution in [0.5, 0.6) is 11.5 Å². The molecule has 0 spiro atoms. The number of halogens is 2. The van der Waals surface area contributed by atoms with Crippen LogP contribution in [-0.2, 0) is 9.53 Å². The van der Waals surface area contributed by atoms with Crippen LogP contribution in [0, 0.1) is 5.82 Å². The first kappa shape index (κ1) is 20.4. The van der Waals surface area contributed by atoms with Crippen molar-refractivity contribution in [3.63, 3.8) is 0 Å². The summed E-state index contributed by atoms with van der Waals surface area (Å²) in [5.41, 5.74) is 5.90. The Bertz CT molecular complexity index is 502. The van der Waals surface area contributed by atoms with Crippen molar-refractivity contribution in [2.75, 3.05) is 27.9 Å². The van der Waals surface area contributed by atoms with Crippen molar-refractivity contribution in [3.05, 3.63) is 23.5 Å². The maximum atomic E-state index is 14.1. The number of nitrogens with one attached hydrogen (secondary N) is 1. The van der Waals surface area contributed by atoms with Crippen molar-refractivity contribution < 1.29 is 23.4 Å². The molecule has 2 unspecified atom stereocenters. The van der Waals surface area contributed by atoms with Gasteiger partial charge in [-0.25, -0.2) is 4.39 Å². The predicted molar refractivity (Wildman–Crippen MR) is 83.2 cm³/mol. The lowest BCUT2D eigenvalue weighted by Gasteiger charge is -2.19. The van der Waals surface area contributed by atoms with Crippen LogP contribution in [0.25, 0.3) is 0 Å². The normalized spacial score (nSPS) is 12.8. The standard InChI is InChI=1S/C14H21FN2O4.ClH/c1-8(17-14(18)11(16)7-19-2)9-5-12(20-3)13(21-4)6-10(9)15;/h5-6,8,11H,7,16H2,1-4H3,(H,17,18);1H. The number of methoxy groups -OCH3 is 3. The lowest BCUT2D eigenvalue weighted by Crippen LogP contribution is -2.44. The Morgan fingerprint density at radius 2 is 1.82 bits per heavy atom. The quantitative estimate of drug-likeness (QED) is 0.786. The van der Waals surface area contributed by atoms with E-state index in [1.54, 1.807) is 6.92 Å². The fourth-order valence-electron chi connectivity index (χ4n) is 1.86. The first-order valence-corrected chi connectivity index (χ1v) is 6.40. The molecule has 0 heterocycles. The molecule has 1 amide bonds. The van der Waals surface area contributed by atoms with Gasteiger partial charge in [0, 0.05) is 18.7 Å². The van der Waals surface area contributed by atoms with Gasteiger partial charge < -0.3 is 25.3 Å². The highest BCUT2D eigenvalue weighted by Gasteiger charge is 2.20. The largest absolute Gasteiger partial charge is 0.493 e. The maximum absolute atomic E-state index is 14.1. The summed E-state index contributed by atoms with van der Waals surface area (Å²) in [7, 11) is 4.33. The highest BCUT2D eigenvalue weighted by Crippen LogP contribution is 2.32. The highest BCUT2D eigenvalue weighted by atomic mass is 35.5. The first-order valence-electron chi connectivity index (χ1n) is 6.40. The minimum Gasteiger partial charge on any atom is -0.493 e. The third kappa shape index (κ3) is 5.01. The molecular weight excluding hydrogens is 315 g/mol. The van der Waals surface area contributed by atoms with E-state index >= 15 is 0 Å². The molecule has 0 aliphatic heterocycles. The van der Waals surface area contributed by atoms with Gasteiger partial charge in [-0.05, 0) is 13.0 Å². The van der Waals surface area contributed by atoms with Crippen LogP contribution >= 0.6 is 12.4 Å². The van der Waals surface area contributed by atoms with Crippen molar-refractivity contribution in [2.45, 2.75) is 19.0 Å². The third-order valence-corrected chi connectivity index (χ3v) is 3.01. The maximum Gasteiger partial charge on any atom is 0.239 e. The van der Waals surface area contributed by atoms with Gasteiger partial charge in [-0.1, -0.05) is 0 Å². The van der Waals surface area contributed by atoms with E-state index in [2.05, 4.69) is 5.32 Å². The molecule has 22 heavy (non-hydrogen) atoms. The molecule has 8 heteroatoms. The SMILES string of the molecule is COCC(N)C(=O)NC(C)c1cc(OC)c(OC)cc1F.Cl. The van der Waals surface area contributed by atoms with Crippen LogP contribution in [0.4, 0.5) is 4.39 Å². The fraction of sp³-hybridized carbons (Fsp3) is 0.500. The summed E-state index contributed by atoms with van der Waals surface area (Å²) in [5.74, 6) is -0.246. The van der Waals surface area contributed by atoms with Crippen LogP contribution < -0.4 is 20.5 Å². The van der Waals surface area contributed by atoms with Gasteiger partial charge in [0.1, 0.15) is 11.9 Å². The number of nitrogens with two attached hydrogens (primary N) is 1. The summed E-state index contributed by atoms with van der Waals surface area (Å²) in [6, 6.07) is 1.33. The van der Waals surface area contributed by atoms with E-state index in [9.17, 15) is 9.18 Å². The minimum absolute atomic E-state index is 0. The average molecular weight is 337 g/mol. The van der Waals surface area contributed by atoms with Crippen LogP contribution in [-0.4, -0.2) is 39.9 Å². The summed E-state index contributed by atoms with van der Waals surface area (Å²) in [6.45, 7) is 1.74. The number of amides is 1. The summed E-state index contributed by atoms with van der Waals surface area (Å²) in [6.07, 6.45) is 0. The van der Waals surface area contributed by atoms with Gasteiger partial charge in [0.15, 0.2) is 11.5 Å². The zero-order valence-corrected chi connectivity index (χ0v) is 13.8. The molecule has 0 aromatic heterocycles. The number of rotatable bonds is 7. The topological polar surface area (TPSA) is 82.8 Å². The Kier molecular flexibility index (Phi) is 8.77.